The van der Waals surface area contributed by atoms with E-state index < -0.39 is 12.0 Å². The summed E-state index contributed by atoms with van der Waals surface area (Å²) >= 11 is 0. The average Bonchev–Trinajstić information content (AvgIpc) is 3.63. The summed E-state index contributed by atoms with van der Waals surface area (Å²) in [5, 5.41) is 20.2. The lowest BCUT2D eigenvalue weighted by Gasteiger charge is -2.12. The average molecular weight is 470 g/mol. The molecule has 0 bridgehead atoms. The third-order valence-electron chi connectivity index (χ3n) is 5.70. The smallest absolute Gasteiger partial charge is 0.161 e. The molecule has 0 aliphatic rings. The number of aliphatic hydroxyl groups excluding tert-OH is 1. The number of nitrogens with zero attached hydrogens (tertiary/aromatic N) is 5. The van der Waals surface area contributed by atoms with Gasteiger partial charge in [-0.15, -0.1) is 0 Å². The van der Waals surface area contributed by atoms with E-state index in [4.69, 9.17) is 4.42 Å². The highest BCUT2D eigenvalue weighted by Gasteiger charge is 2.21. The molecular formula is C24H19FN8O2. The SMILES string of the molecule is CCC(O)Nc1cncc(-c2ncc3[nH]nc(-c4nc5c(-c6ccoc6)nccc5[nH]4)c3c2F)c1. The second-order valence-electron chi connectivity index (χ2n) is 7.97. The predicted octanol–water partition coefficient (Wildman–Crippen LogP) is 4.50. The number of nitrogens with one attached hydrogen (secondary N) is 3. The van der Waals surface area contributed by atoms with Gasteiger partial charge in [-0.2, -0.15) is 5.10 Å². The van der Waals surface area contributed by atoms with E-state index >= 15 is 4.39 Å². The summed E-state index contributed by atoms with van der Waals surface area (Å²) in [7, 11) is 0. The topological polar surface area (TPSA) is 141 Å². The Hall–Kier alpha value is -4.64. The van der Waals surface area contributed by atoms with Gasteiger partial charge in [0.25, 0.3) is 0 Å². The largest absolute Gasteiger partial charge is 0.472 e. The number of furan rings is 1. The van der Waals surface area contributed by atoms with Gasteiger partial charge in [-0.1, -0.05) is 6.92 Å². The third-order valence-corrected chi connectivity index (χ3v) is 5.70. The normalized spacial score (nSPS) is 12.4. The lowest BCUT2D eigenvalue weighted by Crippen LogP contribution is -2.17. The summed E-state index contributed by atoms with van der Waals surface area (Å²) < 4.78 is 21.1. The van der Waals surface area contributed by atoms with Crippen molar-refractivity contribution >= 4 is 27.6 Å². The minimum absolute atomic E-state index is 0.110. The van der Waals surface area contributed by atoms with Gasteiger partial charge < -0.3 is 19.8 Å². The molecule has 0 saturated carbocycles. The van der Waals surface area contributed by atoms with Crippen molar-refractivity contribution in [2.24, 2.45) is 0 Å². The van der Waals surface area contributed by atoms with Crippen molar-refractivity contribution in [1.29, 1.82) is 0 Å². The molecule has 1 atom stereocenters. The lowest BCUT2D eigenvalue weighted by atomic mass is 10.1. The van der Waals surface area contributed by atoms with Crippen LogP contribution in [0.1, 0.15) is 13.3 Å². The molecule has 0 aliphatic carbocycles. The monoisotopic (exact) mass is 470 g/mol. The molecule has 1 unspecified atom stereocenters. The van der Waals surface area contributed by atoms with Crippen molar-refractivity contribution in [3.63, 3.8) is 0 Å². The molecule has 0 fully saturated rings. The van der Waals surface area contributed by atoms with Crippen LogP contribution in [-0.2, 0) is 0 Å². The Balaban J connectivity index is 1.47. The first-order valence-corrected chi connectivity index (χ1v) is 10.9. The molecular weight excluding hydrogens is 451 g/mol. The number of anilines is 1. The van der Waals surface area contributed by atoms with Gasteiger partial charge in [-0.05, 0) is 24.6 Å². The number of aromatic amines is 2. The number of hydrogen-bond donors (Lipinski definition) is 4. The van der Waals surface area contributed by atoms with Crippen LogP contribution in [0.3, 0.4) is 0 Å². The van der Waals surface area contributed by atoms with Gasteiger partial charge in [0, 0.05) is 23.5 Å². The van der Waals surface area contributed by atoms with Crippen LogP contribution in [0.15, 0.2) is 59.9 Å². The van der Waals surface area contributed by atoms with Crippen LogP contribution >= 0.6 is 0 Å². The zero-order valence-electron chi connectivity index (χ0n) is 18.5. The molecule has 11 heteroatoms. The standard InChI is InChI=1S/C24H19FN8O2/c1-2-17(34)29-14-7-13(8-26-9-14)20-19(25)18-16(10-28-20)32-33-23(18)24-30-15-3-5-27-21(22(15)31-24)12-4-6-35-11-12/h3-11,17,29,34H,2H2,1H3,(H,30,31)(H,32,33). The van der Waals surface area contributed by atoms with Crippen molar-refractivity contribution in [2.75, 3.05) is 5.32 Å². The van der Waals surface area contributed by atoms with Gasteiger partial charge in [0.1, 0.15) is 28.8 Å². The van der Waals surface area contributed by atoms with Crippen molar-refractivity contribution in [3.05, 3.63) is 61.3 Å². The molecule has 0 radical (unpaired) electrons. The fourth-order valence-corrected chi connectivity index (χ4v) is 3.95. The summed E-state index contributed by atoms with van der Waals surface area (Å²) in [6.07, 6.45) is 9.20. The molecule has 0 aromatic carbocycles. The van der Waals surface area contributed by atoms with Gasteiger partial charge in [-0.25, -0.2) is 9.37 Å². The van der Waals surface area contributed by atoms with Crippen LogP contribution in [0, 0.1) is 5.82 Å². The summed E-state index contributed by atoms with van der Waals surface area (Å²) in [5.41, 5.74) is 4.65. The summed E-state index contributed by atoms with van der Waals surface area (Å²) in [5.74, 6) is -0.172. The number of imidazole rings is 1. The molecule has 10 nitrogen and oxygen atoms in total. The van der Waals surface area contributed by atoms with E-state index in [2.05, 4.69) is 40.4 Å². The molecule has 174 valence electrons. The molecule has 6 aromatic heterocycles. The summed E-state index contributed by atoms with van der Waals surface area (Å²) in [6.45, 7) is 1.84. The Kier molecular flexibility index (Phi) is 4.96. The van der Waals surface area contributed by atoms with E-state index in [1.807, 2.05) is 6.92 Å². The van der Waals surface area contributed by atoms with Crippen molar-refractivity contribution in [2.45, 2.75) is 19.6 Å². The summed E-state index contributed by atoms with van der Waals surface area (Å²) in [6, 6.07) is 5.28. The highest BCUT2D eigenvalue weighted by Crippen LogP contribution is 2.34. The van der Waals surface area contributed by atoms with E-state index in [1.54, 1.807) is 43.1 Å². The van der Waals surface area contributed by atoms with Crippen LogP contribution in [0.2, 0.25) is 0 Å². The highest BCUT2D eigenvalue weighted by atomic mass is 19.1. The molecule has 35 heavy (non-hydrogen) atoms. The van der Waals surface area contributed by atoms with Gasteiger partial charge >= 0.3 is 0 Å². The molecule has 0 aliphatic heterocycles. The van der Waals surface area contributed by atoms with E-state index in [-0.39, 0.29) is 11.1 Å². The Morgan fingerprint density at radius 1 is 1.09 bits per heavy atom. The zero-order valence-corrected chi connectivity index (χ0v) is 18.5. The summed E-state index contributed by atoms with van der Waals surface area (Å²) in [4.78, 5) is 20.8. The second kappa shape index (κ2) is 8.29. The van der Waals surface area contributed by atoms with Gasteiger partial charge in [0.05, 0.1) is 47.0 Å². The van der Waals surface area contributed by atoms with Crippen LogP contribution in [0.25, 0.3) is 56.0 Å². The Morgan fingerprint density at radius 3 is 2.83 bits per heavy atom. The molecule has 0 amide bonds. The van der Waals surface area contributed by atoms with Crippen molar-refractivity contribution < 1.29 is 13.9 Å². The van der Waals surface area contributed by atoms with Gasteiger partial charge in [-0.3, -0.25) is 20.1 Å². The van der Waals surface area contributed by atoms with Gasteiger partial charge in [0.2, 0.25) is 0 Å². The highest BCUT2D eigenvalue weighted by molar-refractivity contribution is 5.97. The molecule has 6 rings (SSSR count). The molecule has 6 aromatic rings. The van der Waals surface area contributed by atoms with Gasteiger partial charge in [0.15, 0.2) is 11.6 Å². The van der Waals surface area contributed by atoms with Crippen LogP contribution < -0.4 is 5.32 Å². The number of aromatic nitrogens is 7. The Labute approximate surface area is 197 Å². The number of H-pyrrole nitrogens is 2. The fourth-order valence-electron chi connectivity index (χ4n) is 3.95. The van der Waals surface area contributed by atoms with E-state index in [0.717, 1.165) is 11.1 Å². The van der Waals surface area contributed by atoms with E-state index in [1.165, 1.54) is 12.4 Å². The second-order valence-corrected chi connectivity index (χ2v) is 7.97. The number of rotatable bonds is 6. The zero-order chi connectivity index (χ0) is 23.9. The van der Waals surface area contributed by atoms with Crippen LogP contribution in [-0.4, -0.2) is 46.5 Å². The van der Waals surface area contributed by atoms with E-state index in [0.29, 0.717) is 45.9 Å². The first kappa shape index (κ1) is 20.9. The maximum atomic E-state index is 15.9. The third kappa shape index (κ3) is 3.58. The maximum absolute atomic E-state index is 15.9. The number of halogens is 1. The Morgan fingerprint density at radius 2 is 2.00 bits per heavy atom. The first-order valence-electron chi connectivity index (χ1n) is 10.9. The fraction of sp³-hybridized carbons (Fsp3) is 0.125. The number of fused-ring (bicyclic) bond motifs is 2. The number of hydrogen-bond acceptors (Lipinski definition) is 8. The molecule has 0 spiro atoms. The number of pyridine rings is 3. The van der Waals surface area contributed by atoms with Crippen LogP contribution in [0.4, 0.5) is 10.1 Å². The Bertz CT molecular complexity index is 1660. The van der Waals surface area contributed by atoms with E-state index in [9.17, 15) is 5.11 Å². The predicted molar refractivity (Wildman–Crippen MR) is 128 cm³/mol. The van der Waals surface area contributed by atoms with Crippen LogP contribution in [0.5, 0.6) is 0 Å². The van der Waals surface area contributed by atoms with Crippen molar-refractivity contribution in [1.82, 2.24) is 35.1 Å². The minimum Gasteiger partial charge on any atom is -0.472 e. The lowest BCUT2D eigenvalue weighted by molar-refractivity contribution is 0.199. The number of aliphatic hydroxyl groups is 1. The minimum atomic E-state index is -0.734. The molecule has 4 N–H and O–H groups in total. The first-order chi connectivity index (χ1) is 17.1. The maximum Gasteiger partial charge on any atom is 0.161 e. The molecule has 6 heterocycles. The quantitative estimate of drug-likeness (QED) is 0.261. The molecule has 0 saturated heterocycles. The van der Waals surface area contributed by atoms with Crippen molar-refractivity contribution in [3.8, 4) is 34.0 Å².